The molecule has 0 amide bonds. The van der Waals surface area contributed by atoms with Crippen molar-refractivity contribution in [3.63, 3.8) is 0 Å². The summed E-state index contributed by atoms with van der Waals surface area (Å²) >= 11 is 0. The highest BCUT2D eigenvalue weighted by Gasteiger charge is 2.56. The molecule has 0 bridgehead atoms. The van der Waals surface area contributed by atoms with Crippen molar-refractivity contribution in [2.24, 2.45) is 0 Å². The summed E-state index contributed by atoms with van der Waals surface area (Å²) in [6.07, 6.45) is 4.21. The van der Waals surface area contributed by atoms with Gasteiger partial charge in [-0.1, -0.05) is 6.07 Å². The van der Waals surface area contributed by atoms with E-state index in [0.29, 0.717) is 17.0 Å². The lowest BCUT2D eigenvalue weighted by molar-refractivity contribution is -0.816. The van der Waals surface area contributed by atoms with Crippen LogP contribution in [0.25, 0.3) is 0 Å². The van der Waals surface area contributed by atoms with E-state index in [-0.39, 0.29) is 0 Å². The van der Waals surface area contributed by atoms with Crippen LogP contribution in [-0.2, 0) is 0 Å². The Morgan fingerprint density at radius 2 is 2.00 bits per heavy atom. The van der Waals surface area contributed by atoms with Gasteiger partial charge in [-0.3, -0.25) is 15.2 Å². The first kappa shape index (κ1) is 13.7. The van der Waals surface area contributed by atoms with Crippen molar-refractivity contribution in [1.29, 1.82) is 0 Å². The molecule has 2 N–H and O–H groups in total. The second-order valence-electron chi connectivity index (χ2n) is 5.47. The van der Waals surface area contributed by atoms with Gasteiger partial charge in [0.25, 0.3) is 5.71 Å². The lowest BCUT2D eigenvalue weighted by Crippen LogP contribution is -2.44. The van der Waals surface area contributed by atoms with Gasteiger partial charge < -0.3 is 5.21 Å². The minimum Gasteiger partial charge on any atom is -0.307 e. The van der Waals surface area contributed by atoms with Gasteiger partial charge in [-0.2, -0.15) is 0 Å². The van der Waals surface area contributed by atoms with Crippen LogP contribution in [0.4, 0.5) is 0 Å². The largest absolute Gasteiger partial charge is 0.307 e. The van der Waals surface area contributed by atoms with Crippen LogP contribution in [0.5, 0.6) is 0 Å². The maximum absolute atomic E-state index is 10.6. The minimum atomic E-state index is -0.788. The van der Waals surface area contributed by atoms with E-state index in [4.69, 9.17) is 0 Å². The molecule has 6 nitrogen and oxygen atoms in total. The first-order chi connectivity index (χ1) is 10.0. The SMILES string of the molecule is CC1(C)C(c2ccccn2)=[N+](O)C(c2cccnc2)N1O. The zero-order valence-electron chi connectivity index (χ0n) is 11.9. The third-order valence-electron chi connectivity index (χ3n) is 3.73. The van der Waals surface area contributed by atoms with Crippen molar-refractivity contribution in [3.05, 3.63) is 60.2 Å². The molecule has 0 aliphatic carbocycles. The van der Waals surface area contributed by atoms with Crippen molar-refractivity contribution < 1.29 is 15.2 Å². The number of hydrogen-bond acceptors (Lipinski definition) is 5. The molecule has 0 aromatic carbocycles. The van der Waals surface area contributed by atoms with E-state index in [1.54, 1.807) is 30.7 Å². The molecule has 21 heavy (non-hydrogen) atoms. The van der Waals surface area contributed by atoms with Gasteiger partial charge in [-0.05, 0) is 38.1 Å². The zero-order valence-corrected chi connectivity index (χ0v) is 11.9. The summed E-state index contributed by atoms with van der Waals surface area (Å²) < 4.78 is 1.05. The van der Waals surface area contributed by atoms with Crippen molar-refractivity contribution in [1.82, 2.24) is 15.0 Å². The molecule has 6 heteroatoms. The predicted octanol–water partition coefficient (Wildman–Crippen LogP) is 1.85. The third kappa shape index (κ3) is 2.09. The van der Waals surface area contributed by atoms with Gasteiger partial charge in [0.1, 0.15) is 11.2 Å². The molecule has 1 unspecified atom stereocenters. The monoisotopic (exact) mass is 285 g/mol. The Balaban J connectivity index is 2.15. The first-order valence-corrected chi connectivity index (χ1v) is 6.68. The summed E-state index contributed by atoms with van der Waals surface area (Å²) in [7, 11) is 0. The molecular formula is C15H17N4O2+. The van der Waals surface area contributed by atoms with Crippen molar-refractivity contribution in [2.75, 3.05) is 0 Å². The van der Waals surface area contributed by atoms with Crippen LogP contribution < -0.4 is 0 Å². The highest BCUT2D eigenvalue weighted by atomic mass is 16.5. The average molecular weight is 285 g/mol. The van der Waals surface area contributed by atoms with E-state index in [1.807, 2.05) is 32.0 Å². The number of nitrogens with zero attached hydrogens (tertiary/aromatic N) is 4. The minimum absolute atomic E-state index is 0.541. The molecule has 1 atom stereocenters. The standard InChI is InChI=1S/C15H17N4O2/c1-15(2)13(12-7-3-4-9-17-12)18(20)14(19(15)21)11-6-5-8-16-10-11/h3-10,14,20-21H,1-2H3/q+1. The molecule has 3 rings (SSSR count). The molecule has 1 aliphatic heterocycles. The van der Waals surface area contributed by atoms with Crippen LogP contribution in [0.15, 0.2) is 48.9 Å². The Hall–Kier alpha value is -2.31. The summed E-state index contributed by atoms with van der Waals surface area (Å²) in [6.45, 7) is 3.66. The molecule has 0 spiro atoms. The summed E-state index contributed by atoms with van der Waals surface area (Å²) in [5.41, 5.74) is 1.07. The molecule has 0 saturated heterocycles. The maximum Gasteiger partial charge on any atom is 0.307 e. The Morgan fingerprint density at radius 3 is 2.62 bits per heavy atom. The number of rotatable bonds is 2. The van der Waals surface area contributed by atoms with E-state index >= 15 is 0 Å². The van der Waals surface area contributed by atoms with Crippen LogP contribution in [-0.4, -0.2) is 41.4 Å². The normalized spacial score (nSPS) is 21.8. The van der Waals surface area contributed by atoms with E-state index < -0.39 is 11.7 Å². The Labute approximate surface area is 122 Å². The lowest BCUT2D eigenvalue weighted by Gasteiger charge is -2.24. The second kappa shape index (κ2) is 4.91. The molecule has 0 saturated carbocycles. The van der Waals surface area contributed by atoms with E-state index in [0.717, 1.165) is 9.80 Å². The lowest BCUT2D eigenvalue weighted by atomic mass is 9.96. The highest BCUT2D eigenvalue weighted by Crippen LogP contribution is 2.35. The van der Waals surface area contributed by atoms with Crippen LogP contribution in [0, 0.1) is 0 Å². The van der Waals surface area contributed by atoms with Gasteiger partial charge in [0.2, 0.25) is 0 Å². The Kier molecular flexibility index (Phi) is 3.19. The molecule has 2 aromatic rings. The highest BCUT2D eigenvalue weighted by molar-refractivity contribution is 6.02. The van der Waals surface area contributed by atoms with Gasteiger partial charge in [0.05, 0.1) is 5.56 Å². The summed E-state index contributed by atoms with van der Waals surface area (Å²) in [5, 5.41) is 22.2. The fourth-order valence-corrected chi connectivity index (χ4v) is 2.67. The molecule has 0 fully saturated rings. The maximum atomic E-state index is 10.6. The van der Waals surface area contributed by atoms with Gasteiger partial charge >= 0.3 is 6.17 Å². The summed E-state index contributed by atoms with van der Waals surface area (Å²) in [6, 6.07) is 9.03. The molecule has 3 heterocycles. The number of pyridine rings is 2. The van der Waals surface area contributed by atoms with E-state index in [1.165, 1.54) is 0 Å². The molecule has 2 aromatic heterocycles. The van der Waals surface area contributed by atoms with E-state index in [9.17, 15) is 10.4 Å². The number of hydroxylamine groups is 3. The first-order valence-electron chi connectivity index (χ1n) is 6.68. The molecular weight excluding hydrogens is 268 g/mol. The van der Waals surface area contributed by atoms with Crippen molar-refractivity contribution in [3.8, 4) is 0 Å². The molecule has 1 aliphatic rings. The van der Waals surface area contributed by atoms with Crippen molar-refractivity contribution in [2.45, 2.75) is 25.6 Å². The van der Waals surface area contributed by atoms with Gasteiger partial charge in [-0.25, -0.2) is 0 Å². The van der Waals surface area contributed by atoms with Crippen LogP contribution in [0.1, 0.15) is 31.3 Å². The Morgan fingerprint density at radius 1 is 1.19 bits per heavy atom. The smallest absolute Gasteiger partial charge is 0.307 e. The summed E-state index contributed by atoms with van der Waals surface area (Å²) in [4.78, 5) is 8.32. The number of hydrogen-bond donors (Lipinski definition) is 2. The van der Waals surface area contributed by atoms with Crippen LogP contribution in [0.3, 0.4) is 0 Å². The van der Waals surface area contributed by atoms with Gasteiger partial charge in [0.15, 0.2) is 0 Å². The predicted molar refractivity (Wildman–Crippen MR) is 75.1 cm³/mol. The topological polar surface area (TPSA) is 72.5 Å². The van der Waals surface area contributed by atoms with Crippen LogP contribution in [0.2, 0.25) is 0 Å². The zero-order chi connectivity index (χ0) is 15.0. The van der Waals surface area contributed by atoms with Crippen molar-refractivity contribution >= 4 is 5.71 Å². The third-order valence-corrected chi connectivity index (χ3v) is 3.73. The van der Waals surface area contributed by atoms with E-state index in [2.05, 4.69) is 9.97 Å². The summed E-state index contributed by atoms with van der Waals surface area (Å²) in [5.74, 6) is 0. The second-order valence-corrected chi connectivity index (χ2v) is 5.47. The quantitative estimate of drug-likeness (QED) is 0.651. The van der Waals surface area contributed by atoms with Crippen LogP contribution >= 0.6 is 0 Å². The van der Waals surface area contributed by atoms with Gasteiger partial charge in [0, 0.05) is 23.3 Å². The van der Waals surface area contributed by atoms with Gasteiger partial charge in [-0.15, -0.1) is 5.06 Å². The fourth-order valence-electron chi connectivity index (χ4n) is 2.67. The number of aromatic nitrogens is 2. The average Bonchev–Trinajstić information content (AvgIpc) is 2.67. The molecule has 0 radical (unpaired) electrons. The Bertz CT molecular complexity index is 671. The molecule has 108 valence electrons. The fraction of sp³-hybridized carbons (Fsp3) is 0.267.